The number of sulfonamides is 1. The minimum atomic E-state index is -3.90. The van der Waals surface area contributed by atoms with Gasteiger partial charge in [-0.2, -0.15) is 0 Å². The normalized spacial score (nSPS) is 17.8. The Kier molecular flexibility index (Phi) is 4.82. The predicted octanol–water partition coefficient (Wildman–Crippen LogP) is 2.92. The van der Waals surface area contributed by atoms with Crippen molar-refractivity contribution < 1.29 is 18.3 Å². The third-order valence-electron chi connectivity index (χ3n) is 3.80. The molecule has 0 spiro atoms. The molecular formula is C13H15Cl2NO4S. The molecule has 0 aromatic heterocycles. The molecule has 0 radical (unpaired) electrons. The van der Waals surface area contributed by atoms with E-state index < -0.39 is 21.4 Å². The van der Waals surface area contributed by atoms with Gasteiger partial charge in [0.2, 0.25) is 10.0 Å². The van der Waals surface area contributed by atoms with Gasteiger partial charge in [-0.15, -0.1) is 0 Å². The molecule has 8 heteroatoms. The highest BCUT2D eigenvalue weighted by Crippen LogP contribution is 2.38. The zero-order chi connectivity index (χ0) is 15.7. The van der Waals surface area contributed by atoms with Crippen molar-refractivity contribution in [2.45, 2.75) is 30.6 Å². The minimum absolute atomic E-state index is 0.0442. The molecule has 0 bridgehead atoms. The van der Waals surface area contributed by atoms with Gasteiger partial charge in [0, 0.05) is 11.6 Å². The maximum absolute atomic E-state index is 12.3. The van der Waals surface area contributed by atoms with Crippen LogP contribution in [-0.2, 0) is 14.8 Å². The summed E-state index contributed by atoms with van der Waals surface area (Å²) in [6, 6.07) is 4.12. The molecule has 1 aromatic carbocycles. The summed E-state index contributed by atoms with van der Waals surface area (Å²) in [5, 5.41) is 9.64. The number of halogens is 2. The number of carboxylic acids is 1. The molecule has 116 valence electrons. The number of hydrogen-bond acceptors (Lipinski definition) is 3. The highest BCUT2D eigenvalue weighted by atomic mass is 35.5. The Hall–Kier alpha value is -0.820. The third kappa shape index (κ3) is 3.51. The first kappa shape index (κ1) is 16.5. The van der Waals surface area contributed by atoms with Gasteiger partial charge in [0.1, 0.15) is 4.90 Å². The lowest BCUT2D eigenvalue weighted by molar-refractivity contribution is -0.148. The summed E-state index contributed by atoms with van der Waals surface area (Å²) in [5.41, 5.74) is -1.03. The van der Waals surface area contributed by atoms with E-state index in [9.17, 15) is 18.3 Å². The van der Waals surface area contributed by atoms with Crippen LogP contribution in [0.3, 0.4) is 0 Å². The summed E-state index contributed by atoms with van der Waals surface area (Å²) >= 11 is 11.7. The number of carboxylic acid groups (broad SMARTS) is 1. The van der Waals surface area contributed by atoms with Gasteiger partial charge in [0.15, 0.2) is 0 Å². The SMILES string of the molecule is O=C(O)C1(CNS(=O)(=O)c2cc(Cl)ccc2Cl)CCCC1. The van der Waals surface area contributed by atoms with Crippen LogP contribution in [0.4, 0.5) is 0 Å². The monoisotopic (exact) mass is 351 g/mol. The first-order chi connectivity index (χ1) is 9.77. The van der Waals surface area contributed by atoms with Crippen LogP contribution >= 0.6 is 23.2 Å². The van der Waals surface area contributed by atoms with Crippen LogP contribution < -0.4 is 4.72 Å². The average Bonchev–Trinajstić information content (AvgIpc) is 2.89. The van der Waals surface area contributed by atoms with Gasteiger partial charge in [0.05, 0.1) is 10.4 Å². The molecule has 1 fully saturated rings. The number of aliphatic carboxylic acids is 1. The summed E-state index contributed by atoms with van der Waals surface area (Å²) < 4.78 is 26.9. The van der Waals surface area contributed by atoms with Crippen molar-refractivity contribution in [3.05, 3.63) is 28.2 Å². The zero-order valence-corrected chi connectivity index (χ0v) is 13.4. The molecule has 0 aliphatic heterocycles. The lowest BCUT2D eigenvalue weighted by Crippen LogP contribution is -2.41. The number of carbonyl (C=O) groups is 1. The molecule has 1 aliphatic carbocycles. The maximum Gasteiger partial charge on any atom is 0.310 e. The minimum Gasteiger partial charge on any atom is -0.481 e. The molecule has 2 rings (SSSR count). The van der Waals surface area contributed by atoms with Crippen molar-refractivity contribution in [1.82, 2.24) is 4.72 Å². The number of benzene rings is 1. The molecule has 0 saturated heterocycles. The van der Waals surface area contributed by atoms with E-state index in [0.717, 1.165) is 12.8 Å². The summed E-state index contributed by atoms with van der Waals surface area (Å²) in [6.07, 6.45) is 2.50. The van der Waals surface area contributed by atoms with Gasteiger partial charge in [-0.1, -0.05) is 36.0 Å². The molecule has 2 N–H and O–H groups in total. The molecule has 1 aliphatic rings. The summed E-state index contributed by atoms with van der Waals surface area (Å²) in [6.45, 7) is -0.145. The van der Waals surface area contributed by atoms with Gasteiger partial charge in [-0.25, -0.2) is 13.1 Å². The van der Waals surface area contributed by atoms with Crippen LogP contribution in [-0.4, -0.2) is 26.0 Å². The predicted molar refractivity (Wildman–Crippen MR) is 80.2 cm³/mol. The number of hydrogen-bond donors (Lipinski definition) is 2. The van der Waals surface area contributed by atoms with Crippen molar-refractivity contribution in [1.29, 1.82) is 0 Å². The molecular weight excluding hydrogens is 337 g/mol. The Morgan fingerprint density at radius 2 is 1.90 bits per heavy atom. The molecule has 0 atom stereocenters. The van der Waals surface area contributed by atoms with Gasteiger partial charge >= 0.3 is 5.97 Å². The Bertz CT molecular complexity index is 654. The average molecular weight is 352 g/mol. The molecule has 0 heterocycles. The lowest BCUT2D eigenvalue weighted by Gasteiger charge is -2.24. The third-order valence-corrected chi connectivity index (χ3v) is 5.92. The molecule has 1 saturated carbocycles. The van der Waals surface area contributed by atoms with E-state index in [1.807, 2.05) is 0 Å². The zero-order valence-electron chi connectivity index (χ0n) is 11.1. The Balaban J connectivity index is 2.22. The van der Waals surface area contributed by atoms with Crippen molar-refractivity contribution >= 4 is 39.2 Å². The first-order valence-electron chi connectivity index (χ1n) is 6.45. The van der Waals surface area contributed by atoms with Crippen LogP contribution in [0.25, 0.3) is 0 Å². The second-order valence-corrected chi connectivity index (χ2v) is 7.77. The van der Waals surface area contributed by atoms with Crippen LogP contribution in [0.5, 0.6) is 0 Å². The Morgan fingerprint density at radius 3 is 2.48 bits per heavy atom. The van der Waals surface area contributed by atoms with Crippen molar-refractivity contribution in [2.75, 3.05) is 6.54 Å². The van der Waals surface area contributed by atoms with Crippen LogP contribution in [0.2, 0.25) is 10.0 Å². The fraction of sp³-hybridized carbons (Fsp3) is 0.462. The molecule has 0 unspecified atom stereocenters. The number of rotatable bonds is 5. The van der Waals surface area contributed by atoms with E-state index in [0.29, 0.717) is 12.8 Å². The van der Waals surface area contributed by atoms with Crippen molar-refractivity contribution in [2.24, 2.45) is 5.41 Å². The van der Waals surface area contributed by atoms with Gasteiger partial charge < -0.3 is 5.11 Å². The fourth-order valence-corrected chi connectivity index (χ4v) is 4.40. The van der Waals surface area contributed by atoms with E-state index in [1.54, 1.807) is 0 Å². The largest absolute Gasteiger partial charge is 0.481 e. The topological polar surface area (TPSA) is 83.5 Å². The molecule has 1 aromatic rings. The summed E-state index contributed by atoms with van der Waals surface area (Å²) in [4.78, 5) is 11.3. The van der Waals surface area contributed by atoms with Crippen LogP contribution in [0.15, 0.2) is 23.1 Å². The highest BCUT2D eigenvalue weighted by molar-refractivity contribution is 7.89. The summed E-state index contributed by atoms with van der Waals surface area (Å²) in [5.74, 6) is -0.972. The molecule has 21 heavy (non-hydrogen) atoms. The molecule has 0 amide bonds. The lowest BCUT2D eigenvalue weighted by atomic mass is 9.87. The van der Waals surface area contributed by atoms with Crippen LogP contribution in [0.1, 0.15) is 25.7 Å². The Morgan fingerprint density at radius 1 is 1.29 bits per heavy atom. The van der Waals surface area contributed by atoms with E-state index in [-0.39, 0.29) is 21.5 Å². The number of nitrogens with one attached hydrogen (secondary N) is 1. The van der Waals surface area contributed by atoms with E-state index in [4.69, 9.17) is 23.2 Å². The van der Waals surface area contributed by atoms with Crippen molar-refractivity contribution in [3.8, 4) is 0 Å². The maximum atomic E-state index is 12.3. The van der Waals surface area contributed by atoms with E-state index in [2.05, 4.69) is 4.72 Å². The quantitative estimate of drug-likeness (QED) is 0.854. The van der Waals surface area contributed by atoms with Gasteiger partial charge in [-0.05, 0) is 31.0 Å². The standard InChI is InChI=1S/C13H15Cl2NO4S/c14-9-3-4-10(15)11(7-9)21(19,20)16-8-13(12(17)18)5-1-2-6-13/h3-4,7,16H,1-2,5-6,8H2,(H,17,18). The van der Waals surface area contributed by atoms with E-state index >= 15 is 0 Å². The summed E-state index contributed by atoms with van der Waals surface area (Å²) in [7, 11) is -3.90. The van der Waals surface area contributed by atoms with Crippen LogP contribution in [0, 0.1) is 5.41 Å². The second-order valence-electron chi connectivity index (χ2n) is 5.19. The second kappa shape index (κ2) is 6.12. The van der Waals surface area contributed by atoms with Gasteiger partial charge in [0.25, 0.3) is 0 Å². The Labute approximate surface area is 133 Å². The smallest absolute Gasteiger partial charge is 0.310 e. The fourth-order valence-electron chi connectivity index (χ4n) is 2.51. The first-order valence-corrected chi connectivity index (χ1v) is 8.69. The highest BCUT2D eigenvalue weighted by Gasteiger charge is 2.42. The van der Waals surface area contributed by atoms with E-state index in [1.165, 1.54) is 18.2 Å². The van der Waals surface area contributed by atoms with Gasteiger partial charge in [-0.3, -0.25) is 4.79 Å². The molecule has 5 nitrogen and oxygen atoms in total. The van der Waals surface area contributed by atoms with Crippen molar-refractivity contribution in [3.63, 3.8) is 0 Å².